The number of amides is 1. The van der Waals surface area contributed by atoms with Gasteiger partial charge in [-0.25, -0.2) is 4.98 Å². The zero-order chi connectivity index (χ0) is 15.4. The average molecular weight is 297 g/mol. The molecule has 2 aromatic rings. The van der Waals surface area contributed by atoms with Crippen molar-refractivity contribution in [3.05, 3.63) is 48.4 Å². The first kappa shape index (κ1) is 14.5. The maximum atomic E-state index is 11.6. The second-order valence-corrected chi connectivity index (χ2v) is 5.50. The fourth-order valence-corrected chi connectivity index (χ4v) is 2.75. The topological polar surface area (TPSA) is 55.3 Å². The Morgan fingerprint density at radius 1 is 1.32 bits per heavy atom. The van der Waals surface area contributed by atoms with Crippen molar-refractivity contribution in [1.29, 1.82) is 0 Å². The number of aromatic nitrogens is 2. The van der Waals surface area contributed by atoms with Crippen LogP contribution in [0, 0.1) is 0 Å². The van der Waals surface area contributed by atoms with E-state index < -0.39 is 0 Å². The van der Waals surface area contributed by atoms with Gasteiger partial charge in [-0.2, -0.15) is 0 Å². The molecule has 114 valence electrons. The molecule has 0 bridgehead atoms. The van der Waals surface area contributed by atoms with Crippen molar-refractivity contribution < 1.29 is 9.53 Å². The van der Waals surface area contributed by atoms with Crippen molar-refractivity contribution >= 4 is 5.91 Å². The molecule has 5 nitrogen and oxygen atoms in total. The maximum Gasteiger partial charge on any atom is 0.219 e. The number of rotatable bonds is 3. The summed E-state index contributed by atoms with van der Waals surface area (Å²) in [6.45, 7) is 3.20. The first-order valence-corrected chi connectivity index (χ1v) is 7.53. The van der Waals surface area contributed by atoms with Gasteiger partial charge in [-0.05, 0) is 31.0 Å². The van der Waals surface area contributed by atoms with E-state index in [0.717, 1.165) is 31.6 Å². The Kier molecular flexibility index (Phi) is 4.32. The molecule has 1 atom stereocenters. The van der Waals surface area contributed by atoms with Crippen LogP contribution in [0.3, 0.4) is 0 Å². The third kappa shape index (κ3) is 3.42. The summed E-state index contributed by atoms with van der Waals surface area (Å²) in [6, 6.07) is 9.46. The Labute approximate surface area is 130 Å². The van der Waals surface area contributed by atoms with Gasteiger partial charge in [0.25, 0.3) is 0 Å². The van der Waals surface area contributed by atoms with Gasteiger partial charge in [0.1, 0.15) is 5.75 Å². The van der Waals surface area contributed by atoms with Gasteiger partial charge in [-0.15, -0.1) is 0 Å². The van der Waals surface area contributed by atoms with E-state index in [4.69, 9.17) is 4.74 Å². The quantitative estimate of drug-likeness (QED) is 0.874. The van der Waals surface area contributed by atoms with Crippen molar-refractivity contribution in [2.24, 2.45) is 0 Å². The molecular formula is C17H19N3O2. The smallest absolute Gasteiger partial charge is 0.219 e. The lowest BCUT2D eigenvalue weighted by Crippen LogP contribution is -2.37. The van der Waals surface area contributed by atoms with Gasteiger partial charge in [0, 0.05) is 43.9 Å². The molecule has 0 spiro atoms. The first-order chi connectivity index (χ1) is 10.7. The number of nitrogens with zero attached hydrogens (tertiary/aromatic N) is 3. The second-order valence-electron chi connectivity index (χ2n) is 5.50. The standard InChI is InChI=1S/C17H19N3O2/c1-13(21)20-10-4-5-14(12-20)16-7-2-8-17(19-16)22-15-6-3-9-18-11-15/h2-3,6-9,11,14H,4-5,10,12H2,1H3/t14-/m1/s1. The number of carbonyl (C=O) groups is 1. The predicted molar refractivity (Wildman–Crippen MR) is 82.8 cm³/mol. The number of ether oxygens (including phenoxy) is 1. The number of likely N-dealkylation sites (tertiary alicyclic amines) is 1. The van der Waals surface area contributed by atoms with Crippen molar-refractivity contribution in [3.63, 3.8) is 0 Å². The highest BCUT2D eigenvalue weighted by atomic mass is 16.5. The molecule has 0 N–H and O–H groups in total. The van der Waals surface area contributed by atoms with E-state index in [1.165, 1.54) is 0 Å². The Morgan fingerprint density at radius 3 is 3.00 bits per heavy atom. The summed E-state index contributed by atoms with van der Waals surface area (Å²) in [5.41, 5.74) is 0.979. The van der Waals surface area contributed by atoms with Crippen LogP contribution in [0.2, 0.25) is 0 Å². The molecule has 1 saturated heterocycles. The van der Waals surface area contributed by atoms with Crippen molar-refractivity contribution in [3.8, 4) is 11.6 Å². The highest BCUT2D eigenvalue weighted by molar-refractivity contribution is 5.73. The Morgan fingerprint density at radius 2 is 2.23 bits per heavy atom. The zero-order valence-electron chi connectivity index (χ0n) is 12.6. The van der Waals surface area contributed by atoms with Gasteiger partial charge in [-0.3, -0.25) is 9.78 Å². The summed E-state index contributed by atoms with van der Waals surface area (Å²) in [5, 5.41) is 0. The minimum absolute atomic E-state index is 0.132. The Hall–Kier alpha value is -2.43. The highest BCUT2D eigenvalue weighted by Gasteiger charge is 2.24. The third-order valence-electron chi connectivity index (χ3n) is 3.89. The summed E-state index contributed by atoms with van der Waals surface area (Å²) in [5.74, 6) is 1.63. The van der Waals surface area contributed by atoms with Crippen LogP contribution in [-0.2, 0) is 4.79 Å². The molecule has 0 radical (unpaired) electrons. The van der Waals surface area contributed by atoms with Gasteiger partial charge in [0.15, 0.2) is 0 Å². The van der Waals surface area contributed by atoms with E-state index >= 15 is 0 Å². The predicted octanol–water partition coefficient (Wildman–Crippen LogP) is 2.99. The molecule has 3 heterocycles. The average Bonchev–Trinajstić information content (AvgIpc) is 2.56. The first-order valence-electron chi connectivity index (χ1n) is 7.53. The highest BCUT2D eigenvalue weighted by Crippen LogP contribution is 2.27. The molecule has 3 rings (SSSR count). The minimum Gasteiger partial charge on any atom is -0.437 e. The van der Waals surface area contributed by atoms with E-state index in [-0.39, 0.29) is 11.8 Å². The molecule has 0 aliphatic carbocycles. The molecule has 1 aliphatic heterocycles. The van der Waals surface area contributed by atoms with E-state index in [0.29, 0.717) is 11.6 Å². The van der Waals surface area contributed by atoms with E-state index in [1.807, 2.05) is 35.2 Å². The molecule has 1 aliphatic rings. The fourth-order valence-electron chi connectivity index (χ4n) is 2.75. The molecule has 0 saturated carbocycles. The van der Waals surface area contributed by atoms with E-state index in [2.05, 4.69) is 9.97 Å². The molecule has 2 aromatic heterocycles. The maximum absolute atomic E-state index is 11.6. The van der Waals surface area contributed by atoms with Crippen LogP contribution < -0.4 is 4.74 Å². The normalized spacial score (nSPS) is 18.0. The monoisotopic (exact) mass is 297 g/mol. The summed E-state index contributed by atoms with van der Waals surface area (Å²) in [7, 11) is 0. The van der Waals surface area contributed by atoms with Crippen LogP contribution in [0.4, 0.5) is 0 Å². The van der Waals surface area contributed by atoms with Crippen LogP contribution in [0.25, 0.3) is 0 Å². The summed E-state index contributed by atoms with van der Waals surface area (Å²) in [4.78, 5) is 22.1. The summed E-state index contributed by atoms with van der Waals surface area (Å²) in [6.07, 6.45) is 5.42. The second kappa shape index (κ2) is 6.56. The van der Waals surface area contributed by atoms with E-state index in [9.17, 15) is 4.79 Å². The lowest BCUT2D eigenvalue weighted by molar-refractivity contribution is -0.130. The molecular weight excluding hydrogens is 278 g/mol. The third-order valence-corrected chi connectivity index (χ3v) is 3.89. The Bertz CT molecular complexity index is 645. The fraction of sp³-hybridized carbons (Fsp3) is 0.353. The van der Waals surface area contributed by atoms with Crippen LogP contribution in [0.1, 0.15) is 31.4 Å². The number of carbonyl (C=O) groups excluding carboxylic acids is 1. The van der Waals surface area contributed by atoms with Gasteiger partial charge >= 0.3 is 0 Å². The van der Waals surface area contributed by atoms with Gasteiger partial charge in [0.2, 0.25) is 11.8 Å². The summed E-state index contributed by atoms with van der Waals surface area (Å²) < 4.78 is 5.73. The largest absolute Gasteiger partial charge is 0.437 e. The van der Waals surface area contributed by atoms with Gasteiger partial charge in [0.05, 0.1) is 6.20 Å². The number of pyridine rings is 2. The van der Waals surface area contributed by atoms with Crippen LogP contribution in [-0.4, -0.2) is 33.9 Å². The molecule has 22 heavy (non-hydrogen) atoms. The van der Waals surface area contributed by atoms with Crippen molar-refractivity contribution in [2.45, 2.75) is 25.7 Å². The number of piperidine rings is 1. The van der Waals surface area contributed by atoms with Crippen LogP contribution in [0.15, 0.2) is 42.7 Å². The van der Waals surface area contributed by atoms with Crippen LogP contribution >= 0.6 is 0 Å². The van der Waals surface area contributed by atoms with Crippen molar-refractivity contribution in [2.75, 3.05) is 13.1 Å². The molecule has 5 heteroatoms. The lowest BCUT2D eigenvalue weighted by Gasteiger charge is -2.31. The molecule has 1 amide bonds. The number of hydrogen-bond acceptors (Lipinski definition) is 4. The number of hydrogen-bond donors (Lipinski definition) is 0. The molecule has 0 unspecified atom stereocenters. The van der Waals surface area contributed by atoms with Gasteiger partial charge < -0.3 is 9.64 Å². The Balaban J connectivity index is 1.75. The minimum atomic E-state index is 0.132. The summed E-state index contributed by atoms with van der Waals surface area (Å²) >= 11 is 0. The van der Waals surface area contributed by atoms with Gasteiger partial charge in [-0.1, -0.05) is 6.07 Å². The lowest BCUT2D eigenvalue weighted by atomic mass is 9.94. The molecule has 0 aromatic carbocycles. The van der Waals surface area contributed by atoms with Crippen LogP contribution in [0.5, 0.6) is 11.6 Å². The zero-order valence-corrected chi connectivity index (χ0v) is 12.6. The van der Waals surface area contributed by atoms with Crippen molar-refractivity contribution in [1.82, 2.24) is 14.9 Å². The molecule has 1 fully saturated rings. The van der Waals surface area contributed by atoms with E-state index in [1.54, 1.807) is 19.3 Å². The SMILES string of the molecule is CC(=O)N1CCC[C@@H](c2cccc(Oc3cccnc3)n2)C1.